The van der Waals surface area contributed by atoms with Crippen LogP contribution in [0.4, 0.5) is 0 Å². The molecule has 0 aromatic heterocycles. The first-order valence-electron chi connectivity index (χ1n) is 5.74. The van der Waals surface area contributed by atoms with E-state index in [9.17, 15) is 4.79 Å². The lowest BCUT2D eigenvalue weighted by Crippen LogP contribution is -2.11. The van der Waals surface area contributed by atoms with Gasteiger partial charge >= 0.3 is 0 Å². The molecule has 1 nitrogen and oxygen atoms in total. The molecule has 2 bridgehead atoms. The molecule has 0 aromatic carbocycles. The molecule has 14 heavy (non-hydrogen) atoms. The van der Waals surface area contributed by atoms with Crippen LogP contribution in [0.25, 0.3) is 0 Å². The highest BCUT2D eigenvalue weighted by Gasteiger charge is 2.32. The summed E-state index contributed by atoms with van der Waals surface area (Å²) in [5, 5.41) is 0. The van der Waals surface area contributed by atoms with Gasteiger partial charge < -0.3 is 0 Å². The van der Waals surface area contributed by atoms with Crippen molar-refractivity contribution >= 4 is 5.78 Å². The molecule has 2 unspecified atom stereocenters. The first-order chi connectivity index (χ1) is 6.83. The zero-order valence-corrected chi connectivity index (χ0v) is 8.46. The summed E-state index contributed by atoms with van der Waals surface area (Å²) < 4.78 is 0. The third-order valence-electron chi connectivity index (χ3n) is 4.00. The van der Waals surface area contributed by atoms with Gasteiger partial charge in [0.15, 0.2) is 5.78 Å². The van der Waals surface area contributed by atoms with E-state index in [1.54, 1.807) is 0 Å². The van der Waals surface area contributed by atoms with Crippen LogP contribution in [0.2, 0.25) is 0 Å². The van der Waals surface area contributed by atoms with Crippen LogP contribution in [0.3, 0.4) is 0 Å². The van der Waals surface area contributed by atoms with E-state index in [2.05, 4.69) is 6.08 Å². The maximum Gasteiger partial charge on any atom is 0.162 e. The monoisotopic (exact) mass is 188 g/mol. The zero-order chi connectivity index (χ0) is 9.54. The maximum absolute atomic E-state index is 11.7. The molecule has 3 aliphatic carbocycles. The molecule has 1 saturated carbocycles. The molecule has 1 heteroatoms. The van der Waals surface area contributed by atoms with Gasteiger partial charge in [0, 0.05) is 6.42 Å². The Bertz CT molecular complexity index is 335. The number of carbonyl (C=O) groups is 1. The van der Waals surface area contributed by atoms with E-state index in [1.165, 1.54) is 36.8 Å². The Morgan fingerprint density at radius 3 is 2.79 bits per heavy atom. The van der Waals surface area contributed by atoms with Gasteiger partial charge in [-0.15, -0.1) is 0 Å². The van der Waals surface area contributed by atoms with E-state index in [-0.39, 0.29) is 0 Å². The number of Topliss-reactive ketones (excluding diaryl/α,β-unsaturated/α-hetero) is 1. The van der Waals surface area contributed by atoms with Crippen LogP contribution >= 0.6 is 0 Å². The van der Waals surface area contributed by atoms with Crippen molar-refractivity contribution in [1.82, 2.24) is 0 Å². The third-order valence-corrected chi connectivity index (χ3v) is 4.00. The van der Waals surface area contributed by atoms with Gasteiger partial charge in [0.25, 0.3) is 0 Å². The fourth-order valence-electron chi connectivity index (χ4n) is 3.30. The van der Waals surface area contributed by atoms with Gasteiger partial charge in [0.05, 0.1) is 0 Å². The van der Waals surface area contributed by atoms with Crippen LogP contribution in [-0.2, 0) is 4.79 Å². The number of fused-ring (bicyclic) bond motifs is 2. The molecule has 74 valence electrons. The van der Waals surface area contributed by atoms with Gasteiger partial charge in [-0.25, -0.2) is 0 Å². The summed E-state index contributed by atoms with van der Waals surface area (Å²) in [7, 11) is 0. The second-order valence-electron chi connectivity index (χ2n) is 4.99. The van der Waals surface area contributed by atoms with Crippen molar-refractivity contribution in [2.45, 2.75) is 38.5 Å². The second kappa shape index (κ2) is 3.08. The first kappa shape index (κ1) is 8.46. The highest BCUT2D eigenvalue weighted by Crippen LogP contribution is 2.44. The molecular formula is C13H16O. The number of rotatable bonds is 0. The summed E-state index contributed by atoms with van der Waals surface area (Å²) in [6.45, 7) is 0. The summed E-state index contributed by atoms with van der Waals surface area (Å²) in [6.07, 6.45) is 11.3. The largest absolute Gasteiger partial charge is 0.294 e. The van der Waals surface area contributed by atoms with Crippen molar-refractivity contribution < 1.29 is 4.79 Å². The van der Waals surface area contributed by atoms with Gasteiger partial charge in [-0.05, 0) is 55.1 Å². The number of hydrogen-bond acceptors (Lipinski definition) is 1. The van der Waals surface area contributed by atoms with Crippen molar-refractivity contribution in [3.63, 3.8) is 0 Å². The maximum atomic E-state index is 11.7. The lowest BCUT2D eigenvalue weighted by atomic mass is 9.87. The highest BCUT2D eigenvalue weighted by molar-refractivity contribution is 5.98. The molecule has 3 rings (SSSR count). The standard InChI is InChI=1S/C13H16O/c14-13-3-1-2-11-7-9-4-5-10(6-9)8-12(11)13/h1-2,9-10H,3-8H2. The van der Waals surface area contributed by atoms with Crippen LogP contribution < -0.4 is 0 Å². The molecule has 1 fully saturated rings. The van der Waals surface area contributed by atoms with Crippen molar-refractivity contribution in [3.05, 3.63) is 23.3 Å². The van der Waals surface area contributed by atoms with Gasteiger partial charge in [-0.2, -0.15) is 0 Å². The van der Waals surface area contributed by atoms with Crippen LogP contribution in [-0.4, -0.2) is 5.78 Å². The molecule has 0 aromatic rings. The molecule has 0 spiro atoms. The Morgan fingerprint density at radius 1 is 1.14 bits per heavy atom. The average Bonchev–Trinajstić information content (AvgIpc) is 2.47. The van der Waals surface area contributed by atoms with E-state index in [4.69, 9.17) is 0 Å². The van der Waals surface area contributed by atoms with E-state index in [1.807, 2.05) is 6.08 Å². The van der Waals surface area contributed by atoms with Gasteiger partial charge in [-0.3, -0.25) is 4.79 Å². The summed E-state index contributed by atoms with van der Waals surface area (Å²) in [4.78, 5) is 11.7. The Hall–Kier alpha value is -0.850. The lowest BCUT2D eigenvalue weighted by molar-refractivity contribution is -0.115. The number of hydrogen-bond donors (Lipinski definition) is 0. The fraction of sp³-hybridized carbons (Fsp3) is 0.615. The van der Waals surface area contributed by atoms with Crippen LogP contribution in [0.15, 0.2) is 23.3 Å². The average molecular weight is 188 g/mol. The third kappa shape index (κ3) is 1.26. The fourth-order valence-corrected chi connectivity index (χ4v) is 3.30. The van der Waals surface area contributed by atoms with Crippen molar-refractivity contribution in [2.24, 2.45) is 11.8 Å². The smallest absolute Gasteiger partial charge is 0.162 e. The predicted octanol–water partition coefficient (Wildman–Crippen LogP) is 3.02. The molecule has 0 amide bonds. The van der Waals surface area contributed by atoms with E-state index in [0.29, 0.717) is 12.2 Å². The molecule has 0 radical (unpaired) electrons. The van der Waals surface area contributed by atoms with Gasteiger partial charge in [0.2, 0.25) is 0 Å². The van der Waals surface area contributed by atoms with E-state index < -0.39 is 0 Å². The normalized spacial score (nSPS) is 35.9. The SMILES string of the molecule is O=C1CC=CC2=C1CC1CCC(C2)C1. The summed E-state index contributed by atoms with van der Waals surface area (Å²) in [5.41, 5.74) is 2.55. The molecule has 0 saturated heterocycles. The summed E-state index contributed by atoms with van der Waals surface area (Å²) in [6, 6.07) is 0. The highest BCUT2D eigenvalue weighted by atomic mass is 16.1. The van der Waals surface area contributed by atoms with Crippen molar-refractivity contribution in [1.29, 1.82) is 0 Å². The van der Waals surface area contributed by atoms with E-state index in [0.717, 1.165) is 18.3 Å². The number of allylic oxidation sites excluding steroid dienone is 4. The van der Waals surface area contributed by atoms with Crippen LogP contribution in [0, 0.1) is 11.8 Å². The molecule has 0 N–H and O–H groups in total. The van der Waals surface area contributed by atoms with Gasteiger partial charge in [0.1, 0.15) is 0 Å². The predicted molar refractivity (Wildman–Crippen MR) is 55.9 cm³/mol. The summed E-state index contributed by atoms with van der Waals surface area (Å²) in [5.74, 6) is 2.10. The van der Waals surface area contributed by atoms with Crippen LogP contribution in [0.1, 0.15) is 38.5 Å². The van der Waals surface area contributed by atoms with Gasteiger partial charge in [-0.1, -0.05) is 12.2 Å². The number of ketones is 1. The zero-order valence-electron chi connectivity index (χ0n) is 8.46. The Kier molecular flexibility index (Phi) is 1.86. The Labute approximate surface area is 84.9 Å². The quantitative estimate of drug-likeness (QED) is 0.571. The van der Waals surface area contributed by atoms with E-state index >= 15 is 0 Å². The molecule has 0 aliphatic heterocycles. The molecule has 2 atom stereocenters. The van der Waals surface area contributed by atoms with Crippen LogP contribution in [0.5, 0.6) is 0 Å². The minimum absolute atomic E-state index is 0.398. The van der Waals surface area contributed by atoms with Crippen molar-refractivity contribution in [3.8, 4) is 0 Å². The Balaban J connectivity index is 1.98. The minimum atomic E-state index is 0.398. The molecule has 3 aliphatic rings. The Morgan fingerprint density at radius 2 is 1.93 bits per heavy atom. The lowest BCUT2D eigenvalue weighted by Gasteiger charge is -2.17. The molecular weight excluding hydrogens is 172 g/mol. The second-order valence-corrected chi connectivity index (χ2v) is 4.99. The van der Waals surface area contributed by atoms with Crippen molar-refractivity contribution in [2.75, 3.05) is 0 Å². The summed E-state index contributed by atoms with van der Waals surface area (Å²) >= 11 is 0. The first-order valence-corrected chi connectivity index (χ1v) is 5.74. The minimum Gasteiger partial charge on any atom is -0.294 e. The number of carbonyl (C=O) groups excluding carboxylic acids is 1. The molecule has 0 heterocycles. The topological polar surface area (TPSA) is 17.1 Å².